The van der Waals surface area contributed by atoms with Gasteiger partial charge in [0, 0.05) is 27.3 Å². The van der Waals surface area contributed by atoms with Gasteiger partial charge in [-0.2, -0.15) is 0 Å². The van der Waals surface area contributed by atoms with Crippen LogP contribution >= 0.6 is 0 Å². The van der Waals surface area contributed by atoms with Gasteiger partial charge in [-0.1, -0.05) is 97.1 Å². The molecular weight excluding hydrogens is 440 g/mol. The number of furan rings is 2. The largest absolute Gasteiger partial charge is 0.464 e. The van der Waals surface area contributed by atoms with Gasteiger partial charge in [0.25, 0.3) is 0 Å². The van der Waals surface area contributed by atoms with Crippen LogP contribution in [0.4, 0.5) is 0 Å². The molecule has 0 aliphatic carbocycles. The van der Waals surface area contributed by atoms with Crippen molar-refractivity contribution in [2.75, 3.05) is 0 Å². The van der Waals surface area contributed by atoms with Crippen molar-refractivity contribution in [3.05, 3.63) is 122 Å². The third-order valence-electron chi connectivity index (χ3n) is 7.34. The smallest absolute Gasteiger partial charge is 0.136 e. The lowest BCUT2D eigenvalue weighted by atomic mass is 9.86. The third kappa shape index (κ3) is 2.67. The van der Waals surface area contributed by atoms with Crippen LogP contribution in [0.25, 0.3) is 76.7 Å². The minimum atomic E-state index is 0.865. The molecule has 0 amide bonds. The summed E-state index contributed by atoms with van der Waals surface area (Å²) < 4.78 is 12.4. The Morgan fingerprint density at radius 2 is 0.944 bits per heavy atom. The zero-order valence-corrected chi connectivity index (χ0v) is 19.4. The van der Waals surface area contributed by atoms with E-state index in [1.165, 1.54) is 38.2 Å². The van der Waals surface area contributed by atoms with E-state index >= 15 is 0 Å². The van der Waals surface area contributed by atoms with E-state index in [-0.39, 0.29) is 0 Å². The lowest BCUT2D eigenvalue weighted by Crippen LogP contribution is -1.90. The Morgan fingerprint density at radius 1 is 0.389 bits per heavy atom. The first-order valence-electron chi connectivity index (χ1n) is 12.2. The Bertz CT molecular complexity index is 2030. The summed E-state index contributed by atoms with van der Waals surface area (Å²) in [5.74, 6) is 0. The standard InChI is InChI=1S/C34H20O2/c1-2-10-21(11-3-1)33-23-13-4-6-15-25(23)34(26-16-7-5-14-24(26)33)29-20-35-31-18-27-22-12-8-9-17-30(22)36-32(27)19-28(29)31/h1-20H. The lowest BCUT2D eigenvalue weighted by molar-refractivity contribution is 0.617. The molecule has 0 fully saturated rings. The van der Waals surface area contributed by atoms with Crippen LogP contribution in [0.3, 0.4) is 0 Å². The molecule has 2 heterocycles. The molecule has 0 aliphatic heterocycles. The fourth-order valence-electron chi connectivity index (χ4n) is 5.77. The normalized spacial score (nSPS) is 11.9. The van der Waals surface area contributed by atoms with E-state index in [1.807, 2.05) is 24.5 Å². The van der Waals surface area contributed by atoms with Crippen molar-refractivity contribution >= 4 is 54.5 Å². The van der Waals surface area contributed by atoms with Crippen molar-refractivity contribution in [1.82, 2.24) is 0 Å². The van der Waals surface area contributed by atoms with E-state index in [9.17, 15) is 0 Å². The Kier molecular flexibility index (Phi) is 3.97. The molecule has 0 aliphatic rings. The van der Waals surface area contributed by atoms with Crippen LogP contribution in [0.1, 0.15) is 0 Å². The van der Waals surface area contributed by atoms with Crippen LogP contribution in [0.15, 0.2) is 130 Å². The zero-order valence-electron chi connectivity index (χ0n) is 19.4. The second kappa shape index (κ2) is 7.34. The minimum absolute atomic E-state index is 0.865. The molecule has 0 atom stereocenters. The fourth-order valence-corrected chi connectivity index (χ4v) is 5.77. The van der Waals surface area contributed by atoms with Crippen LogP contribution < -0.4 is 0 Å². The van der Waals surface area contributed by atoms with Crippen LogP contribution in [0, 0.1) is 0 Å². The number of para-hydroxylation sites is 1. The predicted octanol–water partition coefficient (Wildman–Crippen LogP) is 9.97. The highest BCUT2D eigenvalue weighted by molar-refractivity contribution is 6.24. The SMILES string of the molecule is c1ccc(-c2c3ccccc3c(-c3coc4cc5c(cc34)oc3ccccc35)c3ccccc23)cc1. The Balaban J connectivity index is 1.51. The summed E-state index contributed by atoms with van der Waals surface area (Å²) in [5, 5.41) is 8.13. The lowest BCUT2D eigenvalue weighted by Gasteiger charge is -2.17. The molecule has 0 unspecified atom stereocenters. The molecule has 8 rings (SSSR count). The van der Waals surface area contributed by atoms with E-state index in [0.717, 1.165) is 38.5 Å². The van der Waals surface area contributed by atoms with Gasteiger partial charge in [0.1, 0.15) is 16.7 Å². The summed E-state index contributed by atoms with van der Waals surface area (Å²) in [7, 11) is 0. The first-order chi connectivity index (χ1) is 17.9. The molecule has 2 nitrogen and oxygen atoms in total. The Hall–Kier alpha value is -4.82. The molecular formula is C34H20O2. The molecule has 2 aromatic heterocycles. The number of hydrogen-bond donors (Lipinski definition) is 0. The summed E-state index contributed by atoms with van der Waals surface area (Å²) in [5.41, 5.74) is 7.39. The molecule has 168 valence electrons. The average Bonchev–Trinajstić information content (AvgIpc) is 3.51. The highest BCUT2D eigenvalue weighted by Gasteiger charge is 2.20. The molecule has 8 aromatic rings. The maximum Gasteiger partial charge on any atom is 0.136 e. The minimum Gasteiger partial charge on any atom is -0.464 e. The van der Waals surface area contributed by atoms with E-state index in [2.05, 4.69) is 97.1 Å². The van der Waals surface area contributed by atoms with Crippen LogP contribution in [0.2, 0.25) is 0 Å². The van der Waals surface area contributed by atoms with E-state index in [0.29, 0.717) is 0 Å². The highest BCUT2D eigenvalue weighted by Crippen LogP contribution is 2.46. The predicted molar refractivity (Wildman–Crippen MR) is 149 cm³/mol. The average molecular weight is 461 g/mol. The zero-order chi connectivity index (χ0) is 23.6. The molecule has 6 aromatic carbocycles. The first-order valence-corrected chi connectivity index (χ1v) is 12.2. The molecule has 36 heavy (non-hydrogen) atoms. The quantitative estimate of drug-likeness (QED) is 0.240. The molecule has 0 radical (unpaired) electrons. The maximum atomic E-state index is 6.23. The number of hydrogen-bond acceptors (Lipinski definition) is 2. The van der Waals surface area contributed by atoms with Gasteiger partial charge >= 0.3 is 0 Å². The van der Waals surface area contributed by atoms with Gasteiger partial charge in [-0.3, -0.25) is 0 Å². The van der Waals surface area contributed by atoms with Gasteiger partial charge in [-0.15, -0.1) is 0 Å². The van der Waals surface area contributed by atoms with E-state index < -0.39 is 0 Å². The number of fused-ring (bicyclic) bond motifs is 6. The van der Waals surface area contributed by atoms with Crippen molar-refractivity contribution in [3.8, 4) is 22.3 Å². The van der Waals surface area contributed by atoms with Gasteiger partial charge < -0.3 is 8.83 Å². The van der Waals surface area contributed by atoms with E-state index in [4.69, 9.17) is 8.83 Å². The van der Waals surface area contributed by atoms with Gasteiger partial charge in [-0.05, 0) is 50.9 Å². The molecule has 0 saturated heterocycles. The van der Waals surface area contributed by atoms with Crippen LogP contribution in [-0.2, 0) is 0 Å². The molecule has 0 spiro atoms. The molecule has 0 saturated carbocycles. The highest BCUT2D eigenvalue weighted by atomic mass is 16.3. The fraction of sp³-hybridized carbons (Fsp3) is 0. The summed E-state index contributed by atoms with van der Waals surface area (Å²) in [4.78, 5) is 0. The summed E-state index contributed by atoms with van der Waals surface area (Å²) in [6.07, 6.45) is 1.90. The summed E-state index contributed by atoms with van der Waals surface area (Å²) in [6.45, 7) is 0. The van der Waals surface area contributed by atoms with E-state index in [1.54, 1.807) is 0 Å². The van der Waals surface area contributed by atoms with Crippen molar-refractivity contribution in [2.45, 2.75) is 0 Å². The van der Waals surface area contributed by atoms with Crippen molar-refractivity contribution in [1.29, 1.82) is 0 Å². The van der Waals surface area contributed by atoms with Crippen LogP contribution in [-0.4, -0.2) is 0 Å². The summed E-state index contributed by atoms with van der Waals surface area (Å²) in [6, 6.07) is 40.5. The topological polar surface area (TPSA) is 26.3 Å². The van der Waals surface area contributed by atoms with Gasteiger partial charge in [0.15, 0.2) is 0 Å². The molecule has 0 bridgehead atoms. The van der Waals surface area contributed by atoms with Crippen LogP contribution in [0.5, 0.6) is 0 Å². The second-order valence-electron chi connectivity index (χ2n) is 9.30. The van der Waals surface area contributed by atoms with Gasteiger partial charge in [0.05, 0.1) is 6.26 Å². The number of rotatable bonds is 2. The van der Waals surface area contributed by atoms with Crippen molar-refractivity contribution in [2.24, 2.45) is 0 Å². The molecule has 0 N–H and O–H groups in total. The van der Waals surface area contributed by atoms with Crippen molar-refractivity contribution in [3.63, 3.8) is 0 Å². The van der Waals surface area contributed by atoms with Crippen molar-refractivity contribution < 1.29 is 8.83 Å². The molecule has 2 heteroatoms. The summed E-state index contributed by atoms with van der Waals surface area (Å²) >= 11 is 0. The first kappa shape index (κ1) is 19.5. The Morgan fingerprint density at radius 3 is 1.64 bits per heavy atom. The van der Waals surface area contributed by atoms with Gasteiger partial charge in [0.2, 0.25) is 0 Å². The third-order valence-corrected chi connectivity index (χ3v) is 7.34. The number of benzene rings is 6. The monoisotopic (exact) mass is 460 g/mol. The second-order valence-corrected chi connectivity index (χ2v) is 9.30. The van der Waals surface area contributed by atoms with Gasteiger partial charge in [-0.25, -0.2) is 0 Å². The Labute approximate surface area is 207 Å². The maximum absolute atomic E-state index is 6.23.